The molecule has 1 fully saturated rings. The van der Waals surface area contributed by atoms with Crippen molar-refractivity contribution in [1.82, 2.24) is 19.1 Å². The lowest BCUT2D eigenvalue weighted by molar-refractivity contribution is -0.137. The quantitative estimate of drug-likeness (QED) is 0.232. The fourth-order valence-electron chi connectivity index (χ4n) is 4.83. The number of sulfonamides is 1. The third-order valence-corrected chi connectivity index (χ3v) is 11.4. The molecule has 3 aromatic carbocycles. The molecule has 0 saturated carbocycles. The first-order valence-electron chi connectivity index (χ1n) is 13.8. The third kappa shape index (κ3) is 6.92. The minimum atomic E-state index is -4.67. The summed E-state index contributed by atoms with van der Waals surface area (Å²) in [6.45, 7) is 2.02. The molecule has 0 radical (unpaired) electrons. The molecule has 14 heteroatoms. The van der Waals surface area contributed by atoms with Gasteiger partial charge in [0.05, 0.1) is 22.7 Å². The molecular formula is C30H29F3N4O4S3. The first-order valence-corrected chi connectivity index (χ1v) is 17.4. The number of alkyl halides is 3. The van der Waals surface area contributed by atoms with Crippen molar-refractivity contribution in [3.8, 4) is 16.8 Å². The van der Waals surface area contributed by atoms with Gasteiger partial charge in [0.15, 0.2) is 0 Å². The third-order valence-electron chi connectivity index (χ3n) is 6.98. The molecule has 8 nitrogen and oxygen atoms in total. The van der Waals surface area contributed by atoms with Crippen LogP contribution in [-0.2, 0) is 34.0 Å². The number of benzene rings is 3. The van der Waals surface area contributed by atoms with Crippen LogP contribution in [0.1, 0.15) is 36.7 Å². The van der Waals surface area contributed by atoms with Crippen molar-refractivity contribution in [2.75, 3.05) is 11.5 Å². The van der Waals surface area contributed by atoms with E-state index in [1.807, 2.05) is 6.92 Å². The topological polar surface area (TPSA) is 103 Å². The van der Waals surface area contributed by atoms with Gasteiger partial charge in [-0.15, -0.1) is 28.6 Å². The molecule has 0 aliphatic carbocycles. The molecule has 1 aliphatic rings. The SMILES string of the molecule is CCCCc1nn(-c2ccccc2C(F)(F)F)c(=O)n1Cc1ccc(-c2ccccc2S(=O)(=O)NC(=O)C2SCCS2)cc1. The van der Waals surface area contributed by atoms with Crippen LogP contribution in [0.2, 0.25) is 0 Å². The van der Waals surface area contributed by atoms with Crippen LogP contribution in [0, 0.1) is 0 Å². The Morgan fingerprint density at radius 2 is 1.66 bits per heavy atom. The van der Waals surface area contributed by atoms with Crippen LogP contribution in [0.4, 0.5) is 13.2 Å². The number of aryl methyl sites for hydroxylation is 1. The number of unbranched alkanes of at least 4 members (excludes halogenated alkanes) is 1. The lowest BCUT2D eigenvalue weighted by atomic mass is 10.0. The molecule has 0 bridgehead atoms. The molecule has 1 amide bonds. The van der Waals surface area contributed by atoms with Gasteiger partial charge >= 0.3 is 11.9 Å². The molecule has 1 saturated heterocycles. The van der Waals surface area contributed by atoms with E-state index in [9.17, 15) is 31.2 Å². The molecule has 0 atom stereocenters. The predicted octanol–water partition coefficient (Wildman–Crippen LogP) is 5.72. The Kier molecular flexibility index (Phi) is 9.61. The minimum absolute atomic E-state index is 0.0447. The van der Waals surface area contributed by atoms with Crippen LogP contribution >= 0.6 is 23.5 Å². The summed E-state index contributed by atoms with van der Waals surface area (Å²) in [5.74, 6) is 1.35. The highest BCUT2D eigenvalue weighted by Crippen LogP contribution is 2.34. The summed E-state index contributed by atoms with van der Waals surface area (Å²) in [4.78, 5) is 26.0. The molecule has 4 aromatic rings. The summed E-state index contributed by atoms with van der Waals surface area (Å²) >= 11 is 2.81. The predicted molar refractivity (Wildman–Crippen MR) is 166 cm³/mol. The first-order chi connectivity index (χ1) is 21.0. The monoisotopic (exact) mass is 662 g/mol. The molecule has 0 unspecified atom stereocenters. The minimum Gasteiger partial charge on any atom is -0.274 e. The zero-order chi connectivity index (χ0) is 31.5. The van der Waals surface area contributed by atoms with E-state index in [1.165, 1.54) is 52.4 Å². The van der Waals surface area contributed by atoms with Crippen molar-refractivity contribution in [2.24, 2.45) is 0 Å². The lowest BCUT2D eigenvalue weighted by Gasteiger charge is -2.14. The Morgan fingerprint density at radius 1 is 1.00 bits per heavy atom. The maximum Gasteiger partial charge on any atom is 0.418 e. The van der Waals surface area contributed by atoms with E-state index >= 15 is 0 Å². The van der Waals surface area contributed by atoms with Crippen molar-refractivity contribution in [3.63, 3.8) is 0 Å². The molecule has 1 aliphatic heterocycles. The molecule has 1 N–H and O–H groups in total. The van der Waals surface area contributed by atoms with Gasteiger partial charge in [0.1, 0.15) is 10.4 Å². The maximum absolute atomic E-state index is 13.7. The summed E-state index contributed by atoms with van der Waals surface area (Å²) in [7, 11) is -4.16. The van der Waals surface area contributed by atoms with Gasteiger partial charge in [0.2, 0.25) is 0 Å². The molecule has 1 aromatic heterocycles. The maximum atomic E-state index is 13.7. The van der Waals surface area contributed by atoms with Crippen LogP contribution in [0.3, 0.4) is 0 Å². The zero-order valence-corrected chi connectivity index (χ0v) is 26.0. The number of para-hydroxylation sites is 1. The number of rotatable bonds is 10. The number of thioether (sulfide) groups is 2. The lowest BCUT2D eigenvalue weighted by Crippen LogP contribution is -2.35. The van der Waals surface area contributed by atoms with Crippen LogP contribution in [0.5, 0.6) is 0 Å². The van der Waals surface area contributed by atoms with E-state index in [0.29, 0.717) is 35.4 Å². The Hall–Kier alpha value is -3.49. The van der Waals surface area contributed by atoms with E-state index in [2.05, 4.69) is 9.82 Å². The molecule has 2 heterocycles. The second kappa shape index (κ2) is 13.2. The van der Waals surface area contributed by atoms with Crippen molar-refractivity contribution >= 4 is 39.5 Å². The van der Waals surface area contributed by atoms with Crippen molar-refractivity contribution in [1.29, 1.82) is 0 Å². The second-order valence-corrected chi connectivity index (χ2v) is 14.4. The van der Waals surface area contributed by atoms with Crippen molar-refractivity contribution < 1.29 is 26.4 Å². The summed E-state index contributed by atoms with van der Waals surface area (Å²) in [5, 5.41) is 4.31. The van der Waals surface area contributed by atoms with Gasteiger partial charge in [-0.1, -0.05) is 67.9 Å². The highest BCUT2D eigenvalue weighted by atomic mass is 32.2. The van der Waals surface area contributed by atoms with Gasteiger partial charge in [-0.25, -0.2) is 17.9 Å². The normalized spacial score (nSPS) is 14.2. The number of carbonyl (C=O) groups is 1. The Balaban J connectivity index is 1.44. The van der Waals surface area contributed by atoms with Crippen LogP contribution < -0.4 is 10.4 Å². The first kappa shape index (κ1) is 31.9. The van der Waals surface area contributed by atoms with E-state index in [-0.39, 0.29) is 17.1 Å². The molecule has 232 valence electrons. The fourth-order valence-corrected chi connectivity index (χ4v) is 8.78. The van der Waals surface area contributed by atoms with Crippen LogP contribution in [0.25, 0.3) is 16.8 Å². The number of aromatic nitrogens is 3. The van der Waals surface area contributed by atoms with Crippen LogP contribution in [0.15, 0.2) is 82.5 Å². The highest BCUT2D eigenvalue weighted by molar-refractivity contribution is 8.21. The van der Waals surface area contributed by atoms with Gasteiger partial charge < -0.3 is 0 Å². The van der Waals surface area contributed by atoms with Gasteiger partial charge in [0, 0.05) is 23.5 Å². The number of nitrogens with zero attached hydrogens (tertiary/aromatic N) is 3. The zero-order valence-electron chi connectivity index (χ0n) is 23.6. The van der Waals surface area contributed by atoms with Gasteiger partial charge in [-0.3, -0.25) is 9.36 Å². The highest BCUT2D eigenvalue weighted by Gasteiger charge is 2.35. The molecule has 0 spiro atoms. The number of halogens is 3. The molecule has 5 rings (SSSR count). The van der Waals surface area contributed by atoms with E-state index < -0.39 is 37.9 Å². The van der Waals surface area contributed by atoms with E-state index in [0.717, 1.165) is 28.7 Å². The average Bonchev–Trinajstić information content (AvgIpc) is 3.65. The summed E-state index contributed by atoms with van der Waals surface area (Å²) in [6.07, 6.45) is -2.77. The van der Waals surface area contributed by atoms with Gasteiger partial charge in [-0.05, 0) is 35.7 Å². The number of carbonyl (C=O) groups excluding carboxylic acids is 1. The largest absolute Gasteiger partial charge is 0.418 e. The number of nitrogens with one attached hydrogen (secondary N) is 1. The number of amides is 1. The van der Waals surface area contributed by atoms with E-state index in [4.69, 9.17) is 0 Å². The summed E-state index contributed by atoms with van der Waals surface area (Å²) in [6, 6.07) is 18.0. The molecule has 44 heavy (non-hydrogen) atoms. The average molecular weight is 663 g/mol. The fraction of sp³-hybridized carbons (Fsp3) is 0.300. The van der Waals surface area contributed by atoms with E-state index in [1.54, 1.807) is 42.5 Å². The Labute approximate surface area is 261 Å². The Bertz CT molecular complexity index is 1810. The Morgan fingerprint density at radius 3 is 2.34 bits per heavy atom. The summed E-state index contributed by atoms with van der Waals surface area (Å²) in [5.41, 5.74) is -0.358. The second-order valence-electron chi connectivity index (χ2n) is 10.1. The smallest absolute Gasteiger partial charge is 0.274 e. The standard InChI is InChI=1S/C30H29F3N4O4S3/c1-2-3-12-26-34-37(24-10-6-5-9-23(24)30(31,32)33)29(39)36(26)19-20-13-15-21(16-14-20)22-8-4-7-11-25(22)44(40,41)35-27(38)28-42-17-18-43-28/h4-11,13-16,28H,2-3,12,17-19H2,1H3,(H,35,38). The summed E-state index contributed by atoms with van der Waals surface area (Å²) < 4.78 is 71.5. The number of hydrogen-bond acceptors (Lipinski definition) is 7. The molecular weight excluding hydrogens is 634 g/mol. The van der Waals surface area contributed by atoms with Crippen molar-refractivity contribution in [3.05, 3.63) is 100 Å². The number of hydrogen-bond donors (Lipinski definition) is 1. The van der Waals surface area contributed by atoms with Crippen LogP contribution in [-0.4, -0.2) is 44.8 Å². The van der Waals surface area contributed by atoms with Gasteiger partial charge in [0.25, 0.3) is 15.9 Å². The van der Waals surface area contributed by atoms with Crippen molar-refractivity contribution in [2.45, 2.75) is 48.4 Å². The van der Waals surface area contributed by atoms with Gasteiger partial charge in [-0.2, -0.15) is 17.9 Å².